The molecule has 1 aromatic rings. The topological polar surface area (TPSA) is 63.4 Å². The van der Waals surface area contributed by atoms with Crippen molar-refractivity contribution >= 4 is 26.0 Å². The van der Waals surface area contributed by atoms with Gasteiger partial charge in [-0.25, -0.2) is 8.42 Å². The van der Waals surface area contributed by atoms with E-state index in [4.69, 9.17) is 5.73 Å². The highest BCUT2D eigenvalue weighted by atomic mass is 79.9. The molecule has 4 nitrogen and oxygen atoms in total. The molecule has 1 unspecified atom stereocenters. The number of nitrogens with zero attached hydrogens (tertiary/aromatic N) is 1. The summed E-state index contributed by atoms with van der Waals surface area (Å²) in [6.07, 6.45) is 1.89. The molecule has 1 saturated heterocycles. The molecule has 2 rings (SSSR count). The van der Waals surface area contributed by atoms with Gasteiger partial charge in [-0.1, -0.05) is 6.07 Å². The summed E-state index contributed by atoms with van der Waals surface area (Å²) in [5.74, 6) is 0.271. The van der Waals surface area contributed by atoms with E-state index < -0.39 is 10.0 Å². The van der Waals surface area contributed by atoms with Gasteiger partial charge in [-0.05, 0) is 65.9 Å². The molecule has 0 saturated carbocycles. The van der Waals surface area contributed by atoms with Crippen LogP contribution in [0.5, 0.6) is 0 Å². The number of hydrogen-bond acceptors (Lipinski definition) is 3. The molecule has 0 bridgehead atoms. The molecule has 106 valence electrons. The standard InChI is InChI=1S/C13H19BrN2O2S/c1-10-4-5-13(12(14)7-10)19(17,18)16-6-2-3-11(8-15)9-16/h4-5,7,11H,2-3,6,8-9,15H2,1H3. The third-order valence-corrected chi connectivity index (χ3v) is 6.36. The van der Waals surface area contributed by atoms with E-state index in [1.54, 1.807) is 10.4 Å². The van der Waals surface area contributed by atoms with E-state index in [2.05, 4.69) is 15.9 Å². The molecular formula is C13H19BrN2O2S. The lowest BCUT2D eigenvalue weighted by Gasteiger charge is -2.31. The fourth-order valence-corrected chi connectivity index (χ4v) is 5.10. The normalized spacial score (nSPS) is 21.5. The minimum absolute atomic E-state index is 0.271. The zero-order chi connectivity index (χ0) is 14.0. The molecule has 2 N–H and O–H groups in total. The van der Waals surface area contributed by atoms with Crippen LogP contribution in [0, 0.1) is 12.8 Å². The van der Waals surface area contributed by atoms with Gasteiger partial charge >= 0.3 is 0 Å². The average molecular weight is 347 g/mol. The monoisotopic (exact) mass is 346 g/mol. The highest BCUT2D eigenvalue weighted by molar-refractivity contribution is 9.10. The highest BCUT2D eigenvalue weighted by Gasteiger charge is 2.30. The van der Waals surface area contributed by atoms with Crippen molar-refractivity contribution in [3.63, 3.8) is 0 Å². The maximum atomic E-state index is 12.6. The van der Waals surface area contributed by atoms with Crippen molar-refractivity contribution in [2.45, 2.75) is 24.7 Å². The van der Waals surface area contributed by atoms with Gasteiger partial charge < -0.3 is 5.73 Å². The maximum Gasteiger partial charge on any atom is 0.244 e. The zero-order valence-electron chi connectivity index (χ0n) is 11.0. The van der Waals surface area contributed by atoms with Crippen LogP contribution >= 0.6 is 15.9 Å². The second-order valence-corrected chi connectivity index (χ2v) is 7.80. The van der Waals surface area contributed by atoms with Crippen molar-refractivity contribution < 1.29 is 8.42 Å². The summed E-state index contributed by atoms with van der Waals surface area (Å²) in [4.78, 5) is 0.343. The van der Waals surface area contributed by atoms with Crippen molar-refractivity contribution in [3.8, 4) is 0 Å². The lowest BCUT2D eigenvalue weighted by Crippen LogP contribution is -2.42. The Kier molecular flexibility index (Phi) is 4.66. The van der Waals surface area contributed by atoms with Crippen LogP contribution in [0.3, 0.4) is 0 Å². The fourth-order valence-electron chi connectivity index (χ4n) is 2.39. The average Bonchev–Trinajstić information content (AvgIpc) is 2.38. The fraction of sp³-hybridized carbons (Fsp3) is 0.538. The van der Waals surface area contributed by atoms with Gasteiger partial charge in [0.25, 0.3) is 0 Å². The lowest BCUT2D eigenvalue weighted by atomic mass is 10.0. The second kappa shape index (κ2) is 5.91. The third kappa shape index (κ3) is 3.18. The van der Waals surface area contributed by atoms with Gasteiger partial charge in [0.05, 0.1) is 4.90 Å². The maximum absolute atomic E-state index is 12.6. The van der Waals surface area contributed by atoms with E-state index in [9.17, 15) is 8.42 Å². The first kappa shape index (κ1) is 15.0. The summed E-state index contributed by atoms with van der Waals surface area (Å²) < 4.78 is 27.5. The smallest absolute Gasteiger partial charge is 0.244 e. The van der Waals surface area contributed by atoms with Crippen LogP contribution in [0.2, 0.25) is 0 Å². The summed E-state index contributed by atoms with van der Waals surface area (Å²) in [5, 5.41) is 0. The molecule has 0 radical (unpaired) electrons. The summed E-state index contributed by atoms with van der Waals surface area (Å²) in [6, 6.07) is 5.32. The number of benzene rings is 1. The molecule has 0 amide bonds. The Morgan fingerprint density at radius 2 is 2.21 bits per heavy atom. The molecule has 0 aliphatic carbocycles. The van der Waals surface area contributed by atoms with Crippen molar-refractivity contribution in [1.29, 1.82) is 0 Å². The number of piperidine rings is 1. The minimum Gasteiger partial charge on any atom is -0.330 e. The van der Waals surface area contributed by atoms with E-state index in [1.165, 1.54) is 0 Å². The zero-order valence-corrected chi connectivity index (χ0v) is 13.4. The summed E-state index contributed by atoms with van der Waals surface area (Å²) in [5.41, 5.74) is 6.70. The molecule has 1 heterocycles. The number of halogens is 1. The van der Waals surface area contributed by atoms with E-state index in [-0.39, 0.29) is 5.92 Å². The number of hydrogen-bond donors (Lipinski definition) is 1. The predicted molar refractivity (Wildman–Crippen MR) is 79.4 cm³/mol. The molecular weight excluding hydrogens is 328 g/mol. The van der Waals surface area contributed by atoms with Crippen LogP contribution in [0.15, 0.2) is 27.6 Å². The van der Waals surface area contributed by atoms with Gasteiger partial charge in [0.1, 0.15) is 0 Å². The van der Waals surface area contributed by atoms with Crippen LogP contribution in [0.1, 0.15) is 18.4 Å². The molecule has 1 fully saturated rings. The number of nitrogens with two attached hydrogens (primary N) is 1. The first-order valence-electron chi connectivity index (χ1n) is 6.41. The van der Waals surface area contributed by atoms with Gasteiger partial charge in [-0.2, -0.15) is 4.31 Å². The number of rotatable bonds is 3. The molecule has 6 heteroatoms. The van der Waals surface area contributed by atoms with Crippen LogP contribution in [0.4, 0.5) is 0 Å². The predicted octanol–water partition coefficient (Wildman–Crippen LogP) is 2.12. The van der Waals surface area contributed by atoms with Crippen LogP contribution < -0.4 is 5.73 Å². The Hall–Kier alpha value is -0.430. The Balaban J connectivity index is 2.31. The minimum atomic E-state index is -3.42. The lowest BCUT2D eigenvalue weighted by molar-refractivity contribution is 0.271. The van der Waals surface area contributed by atoms with Crippen molar-refractivity contribution in [3.05, 3.63) is 28.2 Å². The number of aryl methyl sites for hydroxylation is 1. The van der Waals surface area contributed by atoms with Crippen LogP contribution in [-0.2, 0) is 10.0 Å². The molecule has 1 aliphatic rings. The van der Waals surface area contributed by atoms with Gasteiger partial charge in [0.15, 0.2) is 0 Å². The molecule has 0 aromatic heterocycles. The van der Waals surface area contributed by atoms with Crippen LogP contribution in [-0.4, -0.2) is 32.4 Å². The second-order valence-electron chi connectivity index (χ2n) is 5.04. The van der Waals surface area contributed by atoms with Gasteiger partial charge in [0, 0.05) is 17.6 Å². The largest absolute Gasteiger partial charge is 0.330 e. The van der Waals surface area contributed by atoms with E-state index in [1.807, 2.05) is 19.1 Å². The molecule has 1 aromatic carbocycles. The van der Waals surface area contributed by atoms with E-state index in [0.717, 1.165) is 18.4 Å². The Labute approximate surface area is 123 Å². The molecule has 19 heavy (non-hydrogen) atoms. The van der Waals surface area contributed by atoms with E-state index in [0.29, 0.717) is 29.0 Å². The van der Waals surface area contributed by atoms with Gasteiger partial charge in [-0.15, -0.1) is 0 Å². The van der Waals surface area contributed by atoms with Crippen molar-refractivity contribution in [2.75, 3.05) is 19.6 Å². The molecule has 1 atom stereocenters. The SMILES string of the molecule is Cc1ccc(S(=O)(=O)N2CCCC(CN)C2)c(Br)c1. The van der Waals surface area contributed by atoms with E-state index >= 15 is 0 Å². The third-order valence-electron chi connectivity index (χ3n) is 3.52. The molecule has 0 spiro atoms. The summed E-state index contributed by atoms with van der Waals surface area (Å²) in [6.45, 7) is 3.59. The summed E-state index contributed by atoms with van der Waals surface area (Å²) in [7, 11) is -3.42. The summed E-state index contributed by atoms with van der Waals surface area (Å²) >= 11 is 3.35. The quantitative estimate of drug-likeness (QED) is 0.911. The van der Waals surface area contributed by atoms with Crippen LogP contribution in [0.25, 0.3) is 0 Å². The first-order chi connectivity index (χ1) is 8.95. The highest BCUT2D eigenvalue weighted by Crippen LogP contribution is 2.28. The van der Waals surface area contributed by atoms with Crippen molar-refractivity contribution in [1.82, 2.24) is 4.31 Å². The Bertz CT molecular complexity index is 560. The van der Waals surface area contributed by atoms with Gasteiger partial charge in [-0.3, -0.25) is 0 Å². The first-order valence-corrected chi connectivity index (χ1v) is 8.65. The van der Waals surface area contributed by atoms with Crippen molar-refractivity contribution in [2.24, 2.45) is 11.7 Å². The number of sulfonamides is 1. The Morgan fingerprint density at radius 3 is 2.84 bits per heavy atom. The molecule has 1 aliphatic heterocycles. The Morgan fingerprint density at radius 1 is 1.47 bits per heavy atom. The van der Waals surface area contributed by atoms with Gasteiger partial charge in [0.2, 0.25) is 10.0 Å².